The maximum atomic E-state index is 12.5. The van der Waals surface area contributed by atoms with Gasteiger partial charge in [-0.1, -0.05) is 43.7 Å². The summed E-state index contributed by atoms with van der Waals surface area (Å²) in [5.74, 6) is -1.84. The Hall–Kier alpha value is -2.99. The lowest BCUT2D eigenvalue weighted by Crippen LogP contribution is -2.31. The Bertz CT molecular complexity index is 895. The van der Waals surface area contributed by atoms with E-state index >= 15 is 0 Å². The van der Waals surface area contributed by atoms with Gasteiger partial charge in [-0.2, -0.15) is 0 Å². The van der Waals surface area contributed by atoms with Crippen molar-refractivity contribution in [3.05, 3.63) is 70.8 Å². The second-order valence-corrected chi connectivity index (χ2v) is 7.24. The Balaban J connectivity index is 1.46. The highest BCUT2D eigenvalue weighted by molar-refractivity contribution is 6.21. The van der Waals surface area contributed by atoms with E-state index in [2.05, 4.69) is 24.0 Å². The van der Waals surface area contributed by atoms with Gasteiger partial charge in [0.05, 0.1) is 16.7 Å². The second kappa shape index (κ2) is 9.47. The molecule has 2 aromatic rings. The Kier molecular flexibility index (Phi) is 6.77. The van der Waals surface area contributed by atoms with Crippen LogP contribution in [0.25, 0.3) is 0 Å². The summed E-state index contributed by atoms with van der Waals surface area (Å²) in [6.45, 7) is 5.36. The zero-order chi connectivity index (χ0) is 20.8. The maximum absolute atomic E-state index is 12.5. The van der Waals surface area contributed by atoms with Crippen molar-refractivity contribution in [3.8, 4) is 0 Å². The van der Waals surface area contributed by atoms with E-state index in [0.29, 0.717) is 12.1 Å². The summed E-state index contributed by atoms with van der Waals surface area (Å²) in [6.07, 6.45) is 2.65. The molecule has 0 bridgehead atoms. The molecule has 1 aliphatic heterocycles. The number of carbonyl (C=O) groups excluding carboxylic acids is 2. The zero-order valence-electron chi connectivity index (χ0n) is 16.6. The van der Waals surface area contributed by atoms with E-state index in [-0.39, 0.29) is 17.0 Å². The van der Waals surface area contributed by atoms with Crippen LogP contribution in [0.2, 0.25) is 0 Å². The molecule has 0 aliphatic carbocycles. The molecule has 6 nitrogen and oxygen atoms in total. The van der Waals surface area contributed by atoms with Crippen LogP contribution in [0.5, 0.6) is 0 Å². The number of hydrogen-bond acceptors (Lipinski definition) is 4. The molecule has 6 heteroatoms. The number of benzene rings is 2. The number of nitrogens with zero attached hydrogens (tertiary/aromatic N) is 2. The molecule has 2 aromatic carbocycles. The molecule has 0 spiro atoms. The third-order valence-electron chi connectivity index (χ3n) is 5.27. The number of fused-ring (bicyclic) bond motifs is 1. The molecular weight excluding hydrogens is 368 g/mol. The van der Waals surface area contributed by atoms with Gasteiger partial charge in [0, 0.05) is 13.1 Å². The summed E-state index contributed by atoms with van der Waals surface area (Å²) in [5.41, 5.74) is 1.79. The van der Waals surface area contributed by atoms with Crippen molar-refractivity contribution in [1.82, 2.24) is 9.80 Å². The van der Waals surface area contributed by atoms with E-state index in [1.807, 2.05) is 18.2 Å². The van der Waals surface area contributed by atoms with Gasteiger partial charge in [-0.15, -0.1) is 0 Å². The van der Waals surface area contributed by atoms with Crippen molar-refractivity contribution in [1.29, 1.82) is 0 Å². The molecule has 3 rings (SSSR count). The van der Waals surface area contributed by atoms with Gasteiger partial charge in [0.1, 0.15) is 0 Å². The number of hydrogen-bond donors (Lipinski definition) is 1. The first kappa shape index (κ1) is 20.7. The van der Waals surface area contributed by atoms with Crippen LogP contribution in [0, 0.1) is 0 Å². The minimum Gasteiger partial charge on any atom is -0.478 e. The van der Waals surface area contributed by atoms with E-state index in [4.69, 9.17) is 5.11 Å². The molecule has 0 aromatic heterocycles. The summed E-state index contributed by atoms with van der Waals surface area (Å²) < 4.78 is 0. The Morgan fingerprint density at radius 2 is 1.69 bits per heavy atom. The predicted octanol–water partition coefficient (Wildman–Crippen LogP) is 3.67. The fourth-order valence-corrected chi connectivity index (χ4v) is 3.60. The number of carboxylic acid groups (broad SMARTS) is 1. The maximum Gasteiger partial charge on any atom is 0.335 e. The van der Waals surface area contributed by atoms with Crippen molar-refractivity contribution in [2.75, 3.05) is 19.6 Å². The second-order valence-electron chi connectivity index (χ2n) is 7.24. The van der Waals surface area contributed by atoms with Crippen LogP contribution in [-0.2, 0) is 6.54 Å². The molecule has 0 fully saturated rings. The lowest BCUT2D eigenvalue weighted by atomic mass is 10.1. The average molecular weight is 394 g/mol. The van der Waals surface area contributed by atoms with Crippen LogP contribution >= 0.6 is 0 Å². The molecule has 1 heterocycles. The first-order chi connectivity index (χ1) is 14.0. The van der Waals surface area contributed by atoms with Crippen LogP contribution in [-0.4, -0.2) is 52.3 Å². The van der Waals surface area contributed by atoms with Gasteiger partial charge in [-0.3, -0.25) is 19.4 Å². The smallest absolute Gasteiger partial charge is 0.335 e. The van der Waals surface area contributed by atoms with Gasteiger partial charge in [0.2, 0.25) is 0 Å². The Labute approximate surface area is 170 Å². The SMILES string of the molecule is CCN(CCCCCN1C(=O)c2ccc(C(=O)O)cc2C1=O)Cc1ccccc1. The monoisotopic (exact) mass is 394 g/mol. The molecule has 0 unspecified atom stereocenters. The lowest BCUT2D eigenvalue weighted by Gasteiger charge is -2.20. The molecule has 0 saturated heterocycles. The summed E-state index contributed by atoms with van der Waals surface area (Å²) in [6, 6.07) is 14.4. The van der Waals surface area contributed by atoms with Gasteiger partial charge < -0.3 is 5.11 Å². The third kappa shape index (κ3) is 4.90. The van der Waals surface area contributed by atoms with Gasteiger partial charge >= 0.3 is 5.97 Å². The minimum atomic E-state index is -1.11. The number of carboxylic acids is 1. The standard InChI is InChI=1S/C23H26N2O4/c1-2-24(16-17-9-5-3-6-10-17)13-7-4-8-14-25-21(26)19-12-11-18(23(28)29)15-20(19)22(25)27/h3,5-6,9-12,15H,2,4,7-8,13-14,16H2,1H3,(H,28,29). The van der Waals surface area contributed by atoms with Crippen LogP contribution in [0.3, 0.4) is 0 Å². The molecule has 29 heavy (non-hydrogen) atoms. The van der Waals surface area contributed by atoms with Crippen LogP contribution < -0.4 is 0 Å². The van der Waals surface area contributed by atoms with Gasteiger partial charge in [0.25, 0.3) is 11.8 Å². The minimum absolute atomic E-state index is 0.0184. The number of aromatic carboxylic acids is 1. The zero-order valence-corrected chi connectivity index (χ0v) is 16.6. The molecule has 0 radical (unpaired) electrons. The van der Waals surface area contributed by atoms with Gasteiger partial charge in [0.15, 0.2) is 0 Å². The quantitative estimate of drug-likeness (QED) is 0.491. The Morgan fingerprint density at radius 1 is 0.966 bits per heavy atom. The molecule has 0 saturated carbocycles. The fraction of sp³-hybridized carbons (Fsp3) is 0.348. The normalized spacial score (nSPS) is 13.2. The summed E-state index contributed by atoms with van der Waals surface area (Å²) in [4.78, 5) is 39.7. The van der Waals surface area contributed by atoms with E-state index in [1.54, 1.807) is 0 Å². The highest BCUT2D eigenvalue weighted by Crippen LogP contribution is 2.24. The molecule has 1 N–H and O–H groups in total. The number of rotatable bonds is 10. The van der Waals surface area contributed by atoms with Crippen LogP contribution in [0.1, 0.15) is 62.8 Å². The average Bonchev–Trinajstić information content (AvgIpc) is 2.97. The summed E-state index contributed by atoms with van der Waals surface area (Å²) in [5, 5.41) is 9.08. The van der Waals surface area contributed by atoms with Crippen molar-refractivity contribution in [2.24, 2.45) is 0 Å². The predicted molar refractivity (Wildman–Crippen MR) is 110 cm³/mol. The molecule has 1 aliphatic rings. The highest BCUT2D eigenvalue weighted by atomic mass is 16.4. The van der Waals surface area contributed by atoms with E-state index in [0.717, 1.165) is 38.9 Å². The van der Waals surface area contributed by atoms with Crippen molar-refractivity contribution in [3.63, 3.8) is 0 Å². The number of imide groups is 1. The first-order valence-corrected chi connectivity index (χ1v) is 10.0. The molecular formula is C23H26N2O4. The van der Waals surface area contributed by atoms with Crippen molar-refractivity contribution >= 4 is 17.8 Å². The fourth-order valence-electron chi connectivity index (χ4n) is 3.60. The number of unbranched alkanes of at least 4 members (excludes halogenated alkanes) is 2. The van der Waals surface area contributed by atoms with Crippen molar-refractivity contribution < 1.29 is 19.5 Å². The summed E-state index contributed by atoms with van der Waals surface area (Å²) >= 11 is 0. The van der Waals surface area contributed by atoms with Crippen LogP contribution in [0.4, 0.5) is 0 Å². The van der Waals surface area contributed by atoms with Gasteiger partial charge in [-0.25, -0.2) is 4.79 Å². The highest BCUT2D eigenvalue weighted by Gasteiger charge is 2.35. The Morgan fingerprint density at radius 3 is 2.38 bits per heavy atom. The third-order valence-corrected chi connectivity index (χ3v) is 5.27. The van der Waals surface area contributed by atoms with E-state index in [1.165, 1.54) is 28.7 Å². The van der Waals surface area contributed by atoms with Crippen LogP contribution in [0.15, 0.2) is 48.5 Å². The first-order valence-electron chi connectivity index (χ1n) is 10.0. The van der Waals surface area contributed by atoms with Crippen molar-refractivity contribution in [2.45, 2.75) is 32.7 Å². The molecule has 152 valence electrons. The number of carbonyl (C=O) groups is 3. The summed E-state index contributed by atoms with van der Waals surface area (Å²) in [7, 11) is 0. The van der Waals surface area contributed by atoms with Gasteiger partial charge in [-0.05, 0) is 49.7 Å². The lowest BCUT2D eigenvalue weighted by molar-refractivity contribution is 0.0649. The topological polar surface area (TPSA) is 77.9 Å². The number of amides is 2. The molecule has 2 amide bonds. The van der Waals surface area contributed by atoms with E-state index in [9.17, 15) is 14.4 Å². The largest absolute Gasteiger partial charge is 0.478 e. The van der Waals surface area contributed by atoms with E-state index < -0.39 is 11.9 Å². The molecule has 0 atom stereocenters.